The highest BCUT2D eigenvalue weighted by molar-refractivity contribution is 5.95. The number of carbonyl (C=O) groups excluding carboxylic acids is 1. The van der Waals surface area contributed by atoms with Crippen LogP contribution < -0.4 is 5.32 Å². The molecule has 0 radical (unpaired) electrons. The summed E-state index contributed by atoms with van der Waals surface area (Å²) >= 11 is 0. The first-order valence-electron chi connectivity index (χ1n) is 6.90. The molecule has 1 atom stereocenters. The Kier molecular flexibility index (Phi) is 4.26. The van der Waals surface area contributed by atoms with E-state index in [4.69, 9.17) is 0 Å². The summed E-state index contributed by atoms with van der Waals surface area (Å²) < 4.78 is 1.80. The van der Waals surface area contributed by atoms with Crippen molar-refractivity contribution in [3.8, 4) is 5.75 Å². The minimum Gasteiger partial charge on any atom is -0.505 e. The Balaban J connectivity index is 2.28. The maximum Gasteiger partial charge on any atom is 0.274 e. The standard InChI is InChI=1S/C15H20N4O2/c1-5-11(13-9(2)18-19(4)10(13)3)17-15(21)14-12(20)7-6-8-16-14/h6-8,11,20H,5H2,1-4H3,(H,17,21)/t11-/m0/s1. The van der Waals surface area contributed by atoms with E-state index < -0.39 is 0 Å². The van der Waals surface area contributed by atoms with Gasteiger partial charge in [0.25, 0.3) is 5.91 Å². The Bertz CT molecular complexity index is 664. The molecule has 0 aromatic carbocycles. The first-order valence-corrected chi connectivity index (χ1v) is 6.90. The van der Waals surface area contributed by atoms with Crippen molar-refractivity contribution >= 4 is 5.91 Å². The Labute approximate surface area is 123 Å². The minimum atomic E-state index is -0.386. The van der Waals surface area contributed by atoms with Crippen LogP contribution >= 0.6 is 0 Å². The van der Waals surface area contributed by atoms with Gasteiger partial charge in [-0.1, -0.05) is 6.92 Å². The smallest absolute Gasteiger partial charge is 0.274 e. The number of rotatable bonds is 4. The monoisotopic (exact) mass is 288 g/mol. The quantitative estimate of drug-likeness (QED) is 0.902. The molecule has 0 spiro atoms. The Morgan fingerprint density at radius 1 is 1.48 bits per heavy atom. The van der Waals surface area contributed by atoms with Gasteiger partial charge in [0.05, 0.1) is 11.7 Å². The normalized spacial score (nSPS) is 12.2. The highest BCUT2D eigenvalue weighted by Gasteiger charge is 2.22. The van der Waals surface area contributed by atoms with Gasteiger partial charge >= 0.3 is 0 Å². The van der Waals surface area contributed by atoms with Gasteiger partial charge < -0.3 is 10.4 Å². The number of nitrogens with zero attached hydrogens (tertiary/aromatic N) is 3. The zero-order valence-electron chi connectivity index (χ0n) is 12.7. The minimum absolute atomic E-state index is 0.0372. The molecule has 2 aromatic rings. The van der Waals surface area contributed by atoms with Crippen molar-refractivity contribution in [3.05, 3.63) is 41.0 Å². The summed E-state index contributed by atoms with van der Waals surface area (Å²) in [5.41, 5.74) is 2.97. The largest absolute Gasteiger partial charge is 0.505 e. The van der Waals surface area contributed by atoms with Crippen LogP contribution in [-0.2, 0) is 7.05 Å². The van der Waals surface area contributed by atoms with E-state index in [1.807, 2.05) is 27.8 Å². The first kappa shape index (κ1) is 15.0. The molecule has 6 nitrogen and oxygen atoms in total. The van der Waals surface area contributed by atoms with Crippen LogP contribution in [-0.4, -0.2) is 25.8 Å². The topological polar surface area (TPSA) is 80.0 Å². The maximum atomic E-state index is 12.3. The van der Waals surface area contributed by atoms with E-state index in [0.29, 0.717) is 0 Å². The third kappa shape index (κ3) is 2.89. The van der Waals surface area contributed by atoms with E-state index >= 15 is 0 Å². The van der Waals surface area contributed by atoms with Crippen LogP contribution in [0.25, 0.3) is 0 Å². The summed E-state index contributed by atoms with van der Waals surface area (Å²) in [7, 11) is 1.88. The highest BCUT2D eigenvalue weighted by atomic mass is 16.3. The molecule has 2 N–H and O–H groups in total. The molecule has 2 heterocycles. The second kappa shape index (κ2) is 5.95. The number of nitrogens with one attached hydrogen (secondary N) is 1. The summed E-state index contributed by atoms with van der Waals surface area (Å²) in [5, 5.41) is 17.0. The fourth-order valence-electron chi connectivity index (χ4n) is 2.47. The summed E-state index contributed by atoms with van der Waals surface area (Å²) in [5.74, 6) is -0.507. The fourth-order valence-corrected chi connectivity index (χ4v) is 2.47. The van der Waals surface area contributed by atoms with Gasteiger partial charge in [0.2, 0.25) is 0 Å². The van der Waals surface area contributed by atoms with Crippen LogP contribution in [0.3, 0.4) is 0 Å². The molecule has 0 unspecified atom stereocenters. The molecule has 112 valence electrons. The molecular formula is C15H20N4O2. The lowest BCUT2D eigenvalue weighted by molar-refractivity contribution is 0.0927. The predicted octanol–water partition coefficient (Wildman–Crippen LogP) is 2.02. The van der Waals surface area contributed by atoms with E-state index in [0.717, 1.165) is 23.4 Å². The second-order valence-corrected chi connectivity index (χ2v) is 5.01. The average molecular weight is 288 g/mol. The fraction of sp³-hybridized carbons (Fsp3) is 0.400. The van der Waals surface area contributed by atoms with Gasteiger partial charge in [-0.15, -0.1) is 0 Å². The van der Waals surface area contributed by atoms with Gasteiger partial charge in [-0.05, 0) is 32.4 Å². The molecule has 2 aromatic heterocycles. The van der Waals surface area contributed by atoms with Gasteiger partial charge in [0.1, 0.15) is 5.75 Å². The lowest BCUT2D eigenvalue weighted by Crippen LogP contribution is -2.29. The van der Waals surface area contributed by atoms with Gasteiger partial charge in [-0.25, -0.2) is 4.98 Å². The van der Waals surface area contributed by atoms with Crippen molar-refractivity contribution in [2.75, 3.05) is 0 Å². The molecular weight excluding hydrogens is 268 g/mol. The van der Waals surface area contributed by atoms with Crippen molar-refractivity contribution in [3.63, 3.8) is 0 Å². The van der Waals surface area contributed by atoms with Crippen LogP contribution in [0, 0.1) is 13.8 Å². The summed E-state index contributed by atoms with van der Waals surface area (Å²) in [6.07, 6.45) is 2.21. The van der Waals surface area contributed by atoms with E-state index in [9.17, 15) is 9.90 Å². The van der Waals surface area contributed by atoms with Gasteiger partial charge in [-0.3, -0.25) is 9.48 Å². The molecule has 0 aliphatic carbocycles. The number of hydrogen-bond acceptors (Lipinski definition) is 4. The molecule has 0 aliphatic heterocycles. The number of carbonyl (C=O) groups is 1. The molecule has 21 heavy (non-hydrogen) atoms. The zero-order valence-corrected chi connectivity index (χ0v) is 12.7. The van der Waals surface area contributed by atoms with Crippen molar-refractivity contribution < 1.29 is 9.90 Å². The SMILES string of the molecule is CC[C@H](NC(=O)c1ncccc1O)c1c(C)nn(C)c1C. The highest BCUT2D eigenvalue weighted by Crippen LogP contribution is 2.24. The molecule has 0 fully saturated rings. The van der Waals surface area contributed by atoms with E-state index in [1.54, 1.807) is 10.7 Å². The Hall–Kier alpha value is -2.37. The van der Waals surface area contributed by atoms with Crippen molar-refractivity contribution in [1.82, 2.24) is 20.1 Å². The second-order valence-electron chi connectivity index (χ2n) is 5.01. The summed E-state index contributed by atoms with van der Waals surface area (Å²) in [6.45, 7) is 5.90. The predicted molar refractivity (Wildman–Crippen MR) is 79.1 cm³/mol. The van der Waals surface area contributed by atoms with Gasteiger partial charge in [-0.2, -0.15) is 5.10 Å². The summed E-state index contributed by atoms with van der Waals surface area (Å²) in [4.78, 5) is 16.2. The number of pyridine rings is 1. The summed E-state index contributed by atoms with van der Waals surface area (Å²) in [6, 6.07) is 2.87. The Morgan fingerprint density at radius 2 is 2.19 bits per heavy atom. The third-order valence-corrected chi connectivity index (χ3v) is 3.63. The Morgan fingerprint density at radius 3 is 2.71 bits per heavy atom. The van der Waals surface area contributed by atoms with Crippen molar-refractivity contribution in [2.24, 2.45) is 7.05 Å². The van der Waals surface area contributed by atoms with E-state index in [1.165, 1.54) is 12.3 Å². The van der Waals surface area contributed by atoms with Gasteiger partial charge in [0, 0.05) is 24.5 Å². The number of aryl methyl sites for hydroxylation is 2. The lowest BCUT2D eigenvalue weighted by atomic mass is 10.0. The number of aromatic nitrogens is 3. The van der Waals surface area contributed by atoms with Crippen LogP contribution in [0.4, 0.5) is 0 Å². The number of amides is 1. The van der Waals surface area contributed by atoms with E-state index in [2.05, 4.69) is 15.4 Å². The van der Waals surface area contributed by atoms with Gasteiger partial charge in [0.15, 0.2) is 5.69 Å². The molecule has 2 rings (SSSR count). The van der Waals surface area contributed by atoms with Crippen LogP contribution in [0.2, 0.25) is 0 Å². The zero-order chi connectivity index (χ0) is 15.6. The number of hydrogen-bond donors (Lipinski definition) is 2. The lowest BCUT2D eigenvalue weighted by Gasteiger charge is -2.18. The van der Waals surface area contributed by atoms with Crippen LogP contribution in [0.5, 0.6) is 5.75 Å². The molecule has 0 aliphatic rings. The van der Waals surface area contributed by atoms with E-state index in [-0.39, 0.29) is 23.4 Å². The van der Waals surface area contributed by atoms with Crippen LogP contribution in [0.1, 0.15) is 46.8 Å². The molecule has 6 heteroatoms. The molecule has 0 saturated carbocycles. The third-order valence-electron chi connectivity index (χ3n) is 3.63. The van der Waals surface area contributed by atoms with Crippen molar-refractivity contribution in [1.29, 1.82) is 0 Å². The van der Waals surface area contributed by atoms with Crippen LogP contribution in [0.15, 0.2) is 18.3 Å². The maximum absolute atomic E-state index is 12.3. The molecule has 0 bridgehead atoms. The van der Waals surface area contributed by atoms with Crippen molar-refractivity contribution in [2.45, 2.75) is 33.2 Å². The number of aromatic hydroxyl groups is 1. The molecule has 1 amide bonds. The molecule has 0 saturated heterocycles. The average Bonchev–Trinajstić information content (AvgIpc) is 2.70. The first-order chi connectivity index (χ1) is 9.95.